The van der Waals surface area contributed by atoms with Crippen molar-refractivity contribution in [2.24, 2.45) is 4.99 Å². The smallest absolute Gasteiger partial charge is 0.251 e. The number of rotatable bonds is 4. The predicted molar refractivity (Wildman–Crippen MR) is 82.3 cm³/mol. The van der Waals surface area contributed by atoms with Crippen molar-refractivity contribution < 1.29 is 9.15 Å². The van der Waals surface area contributed by atoms with Gasteiger partial charge < -0.3 is 9.15 Å². The number of nitrogens with zero attached hydrogens (tertiary/aromatic N) is 3. The zero-order valence-corrected chi connectivity index (χ0v) is 12.5. The number of hydrogen-bond donors (Lipinski definition) is 0. The molecule has 7 heteroatoms. The molecule has 0 aliphatic carbocycles. The fourth-order valence-corrected chi connectivity index (χ4v) is 3.61. The van der Waals surface area contributed by atoms with E-state index < -0.39 is 0 Å². The molecule has 0 fully saturated rings. The molecule has 0 N–H and O–H groups in total. The summed E-state index contributed by atoms with van der Waals surface area (Å²) in [5, 5.41) is 8.16. The SMILES string of the molecule is COc1ccccc1-c1nnc(CSC2=NCCS2)o1. The zero-order valence-electron chi connectivity index (χ0n) is 10.9. The molecule has 3 rings (SSSR count). The lowest BCUT2D eigenvalue weighted by atomic mass is 10.2. The molecule has 0 spiro atoms. The van der Waals surface area contributed by atoms with Gasteiger partial charge in [0.2, 0.25) is 5.89 Å². The van der Waals surface area contributed by atoms with Gasteiger partial charge in [-0.1, -0.05) is 35.7 Å². The van der Waals surface area contributed by atoms with Crippen molar-refractivity contribution >= 4 is 27.9 Å². The van der Waals surface area contributed by atoms with Crippen LogP contribution in [-0.2, 0) is 5.75 Å². The van der Waals surface area contributed by atoms with E-state index in [1.807, 2.05) is 24.3 Å². The first-order valence-corrected chi connectivity index (χ1v) is 8.10. The van der Waals surface area contributed by atoms with E-state index in [1.54, 1.807) is 30.6 Å². The summed E-state index contributed by atoms with van der Waals surface area (Å²) < 4.78 is 12.1. The van der Waals surface area contributed by atoms with Gasteiger partial charge in [0.1, 0.15) is 10.1 Å². The molecule has 20 heavy (non-hydrogen) atoms. The molecule has 0 bridgehead atoms. The zero-order chi connectivity index (χ0) is 13.8. The summed E-state index contributed by atoms with van der Waals surface area (Å²) in [6.45, 7) is 0.906. The van der Waals surface area contributed by atoms with Gasteiger partial charge in [-0.05, 0) is 12.1 Å². The Kier molecular flexibility index (Phi) is 4.27. The van der Waals surface area contributed by atoms with E-state index >= 15 is 0 Å². The van der Waals surface area contributed by atoms with Gasteiger partial charge in [-0.2, -0.15) is 0 Å². The van der Waals surface area contributed by atoms with Crippen LogP contribution in [0.25, 0.3) is 11.5 Å². The third kappa shape index (κ3) is 2.99. The van der Waals surface area contributed by atoms with Crippen molar-refractivity contribution in [3.05, 3.63) is 30.2 Å². The first-order valence-electron chi connectivity index (χ1n) is 6.12. The number of methoxy groups -OCH3 is 1. The van der Waals surface area contributed by atoms with Gasteiger partial charge in [0.05, 0.1) is 25.0 Å². The molecule has 2 aromatic rings. The van der Waals surface area contributed by atoms with Gasteiger partial charge >= 0.3 is 0 Å². The van der Waals surface area contributed by atoms with Gasteiger partial charge in [-0.15, -0.1) is 10.2 Å². The van der Waals surface area contributed by atoms with Crippen LogP contribution in [0.3, 0.4) is 0 Å². The molecule has 0 unspecified atom stereocenters. The van der Waals surface area contributed by atoms with Gasteiger partial charge in [0, 0.05) is 5.75 Å². The van der Waals surface area contributed by atoms with Crippen LogP contribution in [0.2, 0.25) is 0 Å². The molecule has 0 saturated carbocycles. The number of thioether (sulfide) groups is 2. The number of hydrogen-bond acceptors (Lipinski definition) is 7. The van der Waals surface area contributed by atoms with Crippen LogP contribution in [0.4, 0.5) is 0 Å². The summed E-state index contributed by atoms with van der Waals surface area (Å²) in [7, 11) is 1.63. The van der Waals surface area contributed by atoms with Crippen LogP contribution in [0, 0.1) is 0 Å². The highest BCUT2D eigenvalue weighted by Crippen LogP contribution is 2.30. The Morgan fingerprint density at radius 1 is 1.35 bits per heavy atom. The monoisotopic (exact) mass is 307 g/mol. The minimum atomic E-state index is 0.485. The normalized spacial score (nSPS) is 14.3. The van der Waals surface area contributed by atoms with E-state index in [9.17, 15) is 0 Å². The number of aromatic nitrogens is 2. The topological polar surface area (TPSA) is 60.5 Å². The fourth-order valence-electron chi connectivity index (χ4n) is 1.77. The molecule has 0 radical (unpaired) electrons. The Labute approximate surface area is 125 Å². The first kappa shape index (κ1) is 13.5. The van der Waals surface area contributed by atoms with E-state index in [2.05, 4.69) is 15.2 Å². The minimum Gasteiger partial charge on any atom is -0.496 e. The van der Waals surface area contributed by atoms with Crippen molar-refractivity contribution in [1.29, 1.82) is 0 Å². The van der Waals surface area contributed by atoms with E-state index in [1.165, 1.54) is 0 Å². The number of benzene rings is 1. The van der Waals surface area contributed by atoms with Gasteiger partial charge in [-0.25, -0.2) is 0 Å². The third-order valence-electron chi connectivity index (χ3n) is 2.68. The quantitative estimate of drug-likeness (QED) is 0.865. The molecular formula is C13H13N3O2S2. The van der Waals surface area contributed by atoms with Crippen molar-refractivity contribution in [3.8, 4) is 17.2 Å². The maximum absolute atomic E-state index is 5.68. The molecular weight excluding hydrogens is 294 g/mol. The second kappa shape index (κ2) is 6.32. The molecule has 1 aromatic carbocycles. The lowest BCUT2D eigenvalue weighted by molar-refractivity contribution is 0.414. The number of para-hydroxylation sites is 1. The van der Waals surface area contributed by atoms with Crippen molar-refractivity contribution in [2.45, 2.75) is 5.75 Å². The maximum Gasteiger partial charge on any atom is 0.251 e. The standard InChI is InChI=1S/C13H13N3O2S2/c1-17-10-5-3-2-4-9(10)12-16-15-11(18-12)8-20-13-14-6-7-19-13/h2-5H,6-8H2,1H3. The van der Waals surface area contributed by atoms with Gasteiger partial charge in [-0.3, -0.25) is 4.99 Å². The summed E-state index contributed by atoms with van der Waals surface area (Å²) in [6, 6.07) is 7.60. The summed E-state index contributed by atoms with van der Waals surface area (Å²) in [6.07, 6.45) is 0. The average molecular weight is 307 g/mol. The maximum atomic E-state index is 5.68. The molecule has 1 aliphatic heterocycles. The minimum absolute atomic E-state index is 0.485. The summed E-state index contributed by atoms with van der Waals surface area (Å²) in [5.74, 6) is 3.53. The largest absolute Gasteiger partial charge is 0.496 e. The van der Waals surface area contributed by atoms with Gasteiger partial charge in [0.25, 0.3) is 5.89 Å². The highest BCUT2D eigenvalue weighted by Gasteiger charge is 2.14. The lowest BCUT2D eigenvalue weighted by Crippen LogP contribution is -1.87. The lowest BCUT2D eigenvalue weighted by Gasteiger charge is -2.03. The van der Waals surface area contributed by atoms with Crippen LogP contribution >= 0.6 is 23.5 Å². The molecule has 0 amide bonds. The second-order valence-electron chi connectivity index (χ2n) is 3.99. The molecule has 2 heterocycles. The van der Waals surface area contributed by atoms with Crippen LogP contribution in [0.1, 0.15) is 5.89 Å². The molecule has 0 atom stereocenters. The third-order valence-corrected chi connectivity index (χ3v) is 4.92. The summed E-state index contributed by atoms with van der Waals surface area (Å²) >= 11 is 3.42. The van der Waals surface area contributed by atoms with E-state index in [-0.39, 0.29) is 0 Å². The molecule has 5 nitrogen and oxygen atoms in total. The number of aliphatic imine (C=N–C) groups is 1. The van der Waals surface area contributed by atoms with Crippen molar-refractivity contribution in [3.63, 3.8) is 0 Å². The van der Waals surface area contributed by atoms with Crippen LogP contribution in [-0.4, -0.2) is 34.0 Å². The Hall–Kier alpha value is -1.47. The van der Waals surface area contributed by atoms with Crippen molar-refractivity contribution in [1.82, 2.24) is 10.2 Å². The second-order valence-corrected chi connectivity index (χ2v) is 6.29. The molecule has 1 aliphatic rings. The first-order chi connectivity index (χ1) is 9.86. The summed E-state index contributed by atoms with van der Waals surface area (Å²) in [5.41, 5.74) is 0.811. The molecule has 104 valence electrons. The Bertz CT molecular complexity index is 628. The number of ether oxygens (including phenoxy) is 1. The Morgan fingerprint density at radius 2 is 2.25 bits per heavy atom. The van der Waals surface area contributed by atoms with E-state index in [4.69, 9.17) is 9.15 Å². The predicted octanol–water partition coefficient (Wildman–Crippen LogP) is 3.08. The van der Waals surface area contributed by atoms with E-state index in [0.717, 1.165) is 28.0 Å². The highest BCUT2D eigenvalue weighted by atomic mass is 32.2. The van der Waals surface area contributed by atoms with E-state index in [0.29, 0.717) is 17.5 Å². The Balaban J connectivity index is 1.72. The summed E-state index contributed by atoms with van der Waals surface area (Å²) in [4.78, 5) is 4.38. The van der Waals surface area contributed by atoms with Crippen LogP contribution < -0.4 is 4.74 Å². The van der Waals surface area contributed by atoms with Crippen molar-refractivity contribution in [2.75, 3.05) is 19.4 Å². The van der Waals surface area contributed by atoms with Gasteiger partial charge in [0.15, 0.2) is 0 Å². The van der Waals surface area contributed by atoms with Crippen LogP contribution in [0.15, 0.2) is 33.7 Å². The van der Waals surface area contributed by atoms with Crippen LogP contribution in [0.5, 0.6) is 5.75 Å². The molecule has 0 saturated heterocycles. The fraction of sp³-hybridized carbons (Fsp3) is 0.308. The average Bonchev–Trinajstić information content (AvgIpc) is 3.16. The Morgan fingerprint density at radius 3 is 3.05 bits per heavy atom. The molecule has 1 aromatic heterocycles. The highest BCUT2D eigenvalue weighted by molar-refractivity contribution is 8.38.